The van der Waals surface area contributed by atoms with Crippen molar-refractivity contribution < 1.29 is 9.59 Å². The number of thiophene rings is 1. The number of carbonyl (C=O) groups is 2. The molecule has 0 fully saturated rings. The van der Waals surface area contributed by atoms with Gasteiger partial charge in [0.15, 0.2) is 11.7 Å². The molecule has 1 aromatic heterocycles. The zero-order valence-electron chi connectivity index (χ0n) is 12.4. The number of aryl methyl sites for hydroxylation is 1. The molecule has 1 heterocycles. The van der Waals surface area contributed by atoms with E-state index in [1.165, 1.54) is 11.3 Å². The number of nitrogens with zero attached hydrogens (tertiary/aromatic N) is 1. The Morgan fingerprint density at radius 1 is 1.18 bits per heavy atom. The largest absolute Gasteiger partial charge is 0.348 e. The van der Waals surface area contributed by atoms with Crippen LogP contribution in [0.15, 0.2) is 42.5 Å². The molecule has 2 aromatic rings. The average molecular weight is 312 g/mol. The predicted molar refractivity (Wildman–Crippen MR) is 85.5 cm³/mol. The molecule has 0 saturated heterocycles. The maximum atomic E-state index is 12.3. The molecule has 0 spiro atoms. The lowest BCUT2D eigenvalue weighted by Crippen LogP contribution is -2.36. The number of amides is 1. The number of nitrogens with one attached hydrogen (secondary N) is 1. The Balaban J connectivity index is 2.09. The Hall–Kier alpha value is -2.45. The molecular weight excluding hydrogens is 296 g/mol. The van der Waals surface area contributed by atoms with Crippen LogP contribution in [0.25, 0.3) is 0 Å². The van der Waals surface area contributed by atoms with E-state index in [2.05, 4.69) is 5.32 Å². The Kier molecular flexibility index (Phi) is 5.08. The summed E-state index contributed by atoms with van der Waals surface area (Å²) >= 11 is 1.29. The summed E-state index contributed by atoms with van der Waals surface area (Å²) in [5.74, 6) is -2.32. The number of rotatable bonds is 5. The Labute approximate surface area is 133 Å². The molecule has 1 aromatic carbocycles. The van der Waals surface area contributed by atoms with Gasteiger partial charge in [-0.1, -0.05) is 30.3 Å². The summed E-state index contributed by atoms with van der Waals surface area (Å²) in [6, 6.07) is 14.4. The van der Waals surface area contributed by atoms with Gasteiger partial charge in [0, 0.05) is 4.88 Å². The monoisotopic (exact) mass is 312 g/mol. The van der Waals surface area contributed by atoms with Crippen LogP contribution >= 0.6 is 11.3 Å². The van der Waals surface area contributed by atoms with Gasteiger partial charge < -0.3 is 5.32 Å². The minimum Gasteiger partial charge on any atom is -0.348 e. The van der Waals surface area contributed by atoms with Crippen molar-refractivity contribution in [3.8, 4) is 6.07 Å². The zero-order chi connectivity index (χ0) is 16.1. The van der Waals surface area contributed by atoms with E-state index < -0.39 is 17.6 Å². The summed E-state index contributed by atoms with van der Waals surface area (Å²) in [6.07, 6.45) is 0. The van der Waals surface area contributed by atoms with Crippen molar-refractivity contribution in [2.24, 2.45) is 5.92 Å². The number of Topliss-reactive ketones (excluding diaryl/α,β-unsaturated/α-hetero) is 1. The molecule has 0 bridgehead atoms. The summed E-state index contributed by atoms with van der Waals surface area (Å²) in [5, 5.41) is 11.9. The minimum atomic E-state index is -1.32. The van der Waals surface area contributed by atoms with Gasteiger partial charge >= 0.3 is 0 Å². The molecule has 1 amide bonds. The maximum absolute atomic E-state index is 12.3. The highest BCUT2D eigenvalue weighted by atomic mass is 32.1. The summed E-state index contributed by atoms with van der Waals surface area (Å²) in [4.78, 5) is 25.9. The first-order valence-corrected chi connectivity index (χ1v) is 7.70. The lowest BCUT2D eigenvalue weighted by molar-refractivity contribution is -0.122. The van der Waals surface area contributed by atoms with Crippen LogP contribution in [0, 0.1) is 24.2 Å². The summed E-state index contributed by atoms with van der Waals surface area (Å²) < 4.78 is 0. The van der Waals surface area contributed by atoms with Gasteiger partial charge in [0.1, 0.15) is 0 Å². The lowest BCUT2D eigenvalue weighted by Gasteiger charge is -2.16. The molecule has 22 heavy (non-hydrogen) atoms. The van der Waals surface area contributed by atoms with Gasteiger partial charge in [-0.2, -0.15) is 5.26 Å². The molecule has 0 aliphatic heterocycles. The van der Waals surface area contributed by atoms with Gasteiger partial charge in [-0.15, -0.1) is 11.3 Å². The van der Waals surface area contributed by atoms with E-state index in [9.17, 15) is 14.9 Å². The fourth-order valence-electron chi connectivity index (χ4n) is 2.07. The highest BCUT2D eigenvalue weighted by molar-refractivity contribution is 7.14. The molecule has 0 radical (unpaired) electrons. The third-order valence-electron chi connectivity index (χ3n) is 3.30. The number of carbonyl (C=O) groups excluding carboxylic acids is 2. The third-order valence-corrected chi connectivity index (χ3v) is 4.31. The van der Waals surface area contributed by atoms with E-state index in [4.69, 9.17) is 0 Å². The van der Waals surface area contributed by atoms with E-state index in [1.54, 1.807) is 12.1 Å². The SMILES string of the molecule is Cc1ccc(C(=O)[C@H](C#N)C(=O)N[C@@H](C)c2ccccc2)s1. The quantitative estimate of drug-likeness (QED) is 0.680. The number of hydrogen-bond donors (Lipinski definition) is 1. The first kappa shape index (κ1) is 15.9. The van der Waals surface area contributed by atoms with Crippen LogP contribution in [-0.4, -0.2) is 11.7 Å². The Morgan fingerprint density at radius 2 is 1.86 bits per heavy atom. The normalized spacial score (nSPS) is 13.0. The third kappa shape index (κ3) is 3.60. The molecular formula is C17H16N2O2S. The molecule has 1 N–H and O–H groups in total. The van der Waals surface area contributed by atoms with Crippen molar-refractivity contribution in [3.05, 3.63) is 57.8 Å². The smallest absolute Gasteiger partial charge is 0.245 e. The number of ketones is 1. The molecule has 0 unspecified atom stereocenters. The van der Waals surface area contributed by atoms with Crippen molar-refractivity contribution in [1.29, 1.82) is 5.26 Å². The fraction of sp³-hybridized carbons (Fsp3) is 0.235. The van der Waals surface area contributed by atoms with Crippen molar-refractivity contribution >= 4 is 23.0 Å². The van der Waals surface area contributed by atoms with Crippen LogP contribution in [0.2, 0.25) is 0 Å². The van der Waals surface area contributed by atoms with E-state index in [1.807, 2.05) is 50.2 Å². The molecule has 112 valence electrons. The predicted octanol–water partition coefficient (Wildman–Crippen LogP) is 3.26. The minimum absolute atomic E-state index is 0.262. The zero-order valence-corrected chi connectivity index (χ0v) is 13.2. The van der Waals surface area contributed by atoms with E-state index in [0.717, 1.165) is 10.4 Å². The highest BCUT2D eigenvalue weighted by Gasteiger charge is 2.29. The summed E-state index contributed by atoms with van der Waals surface area (Å²) in [6.45, 7) is 3.70. The Morgan fingerprint density at radius 3 is 2.41 bits per heavy atom. The topological polar surface area (TPSA) is 70.0 Å². The average Bonchev–Trinajstić information content (AvgIpc) is 2.95. The van der Waals surface area contributed by atoms with Crippen LogP contribution in [-0.2, 0) is 4.79 Å². The lowest BCUT2D eigenvalue weighted by atomic mass is 10.0. The number of hydrogen-bond acceptors (Lipinski definition) is 4. The van der Waals surface area contributed by atoms with Crippen LogP contribution in [0.4, 0.5) is 0 Å². The molecule has 0 aliphatic carbocycles. The van der Waals surface area contributed by atoms with E-state index >= 15 is 0 Å². The fourth-order valence-corrected chi connectivity index (χ4v) is 2.90. The van der Waals surface area contributed by atoms with Gasteiger partial charge in [0.2, 0.25) is 5.91 Å². The molecule has 5 heteroatoms. The first-order chi connectivity index (χ1) is 10.5. The van der Waals surface area contributed by atoms with Crippen molar-refractivity contribution in [3.63, 3.8) is 0 Å². The van der Waals surface area contributed by atoms with Crippen molar-refractivity contribution in [2.45, 2.75) is 19.9 Å². The second-order valence-corrected chi connectivity index (χ2v) is 6.27. The van der Waals surface area contributed by atoms with Gasteiger partial charge in [-0.25, -0.2) is 0 Å². The molecule has 4 nitrogen and oxygen atoms in total. The van der Waals surface area contributed by atoms with Crippen LogP contribution in [0.5, 0.6) is 0 Å². The summed E-state index contributed by atoms with van der Waals surface area (Å²) in [7, 11) is 0. The maximum Gasteiger partial charge on any atom is 0.245 e. The standard InChI is InChI=1S/C17H16N2O2S/c1-11-8-9-15(22-11)16(20)14(10-18)17(21)19-12(2)13-6-4-3-5-7-13/h3-9,12,14H,1-2H3,(H,19,21)/t12-,14-/m0/s1. The van der Waals surface area contributed by atoms with Gasteiger partial charge in [0.25, 0.3) is 0 Å². The number of benzene rings is 1. The molecule has 2 atom stereocenters. The van der Waals surface area contributed by atoms with E-state index in [-0.39, 0.29) is 6.04 Å². The highest BCUT2D eigenvalue weighted by Crippen LogP contribution is 2.20. The van der Waals surface area contributed by atoms with E-state index in [0.29, 0.717) is 4.88 Å². The van der Waals surface area contributed by atoms with Gasteiger partial charge in [0.05, 0.1) is 17.0 Å². The summed E-state index contributed by atoms with van der Waals surface area (Å²) in [5.41, 5.74) is 0.923. The molecule has 0 aliphatic rings. The molecule has 2 rings (SSSR count). The Bertz CT molecular complexity index is 716. The van der Waals surface area contributed by atoms with Crippen LogP contribution in [0.1, 0.15) is 33.1 Å². The second kappa shape index (κ2) is 7.01. The number of nitriles is 1. The first-order valence-electron chi connectivity index (χ1n) is 6.88. The van der Waals surface area contributed by atoms with Crippen molar-refractivity contribution in [1.82, 2.24) is 5.32 Å². The molecule has 0 saturated carbocycles. The van der Waals surface area contributed by atoms with Crippen LogP contribution < -0.4 is 5.32 Å². The van der Waals surface area contributed by atoms with Crippen molar-refractivity contribution in [2.75, 3.05) is 0 Å². The second-order valence-electron chi connectivity index (χ2n) is 4.98. The van der Waals surface area contributed by atoms with Crippen LogP contribution in [0.3, 0.4) is 0 Å². The van der Waals surface area contributed by atoms with Gasteiger partial charge in [-0.3, -0.25) is 9.59 Å². The van der Waals surface area contributed by atoms with Gasteiger partial charge in [-0.05, 0) is 31.5 Å².